The Morgan fingerprint density at radius 3 is 2.42 bits per heavy atom. The molecule has 0 aliphatic carbocycles. The van der Waals surface area contributed by atoms with E-state index in [1.165, 1.54) is 14.0 Å². The molecule has 7 heteroatoms. The minimum Gasteiger partial charge on any atom is -0.497 e. The molecule has 0 aliphatic heterocycles. The molecule has 26 heavy (non-hydrogen) atoms. The summed E-state index contributed by atoms with van der Waals surface area (Å²) in [7, 11) is 1.49. The Kier molecular flexibility index (Phi) is 6.36. The van der Waals surface area contributed by atoms with Gasteiger partial charge < -0.3 is 20.6 Å². The van der Waals surface area contributed by atoms with Crippen molar-refractivity contribution in [2.75, 3.05) is 12.4 Å². The SMILES string of the molecule is COc1ccc(NC(=O)c2ccc(Cl)cc2)c(C(CC(=O)O)C(C)=N)c1. The summed E-state index contributed by atoms with van der Waals surface area (Å²) < 4.78 is 5.20. The van der Waals surface area contributed by atoms with Crippen LogP contribution in [0.2, 0.25) is 5.02 Å². The van der Waals surface area contributed by atoms with Crippen LogP contribution in [0, 0.1) is 5.41 Å². The maximum atomic E-state index is 12.5. The van der Waals surface area contributed by atoms with Crippen LogP contribution in [-0.4, -0.2) is 29.8 Å². The lowest BCUT2D eigenvalue weighted by Crippen LogP contribution is -2.18. The minimum absolute atomic E-state index is 0.183. The van der Waals surface area contributed by atoms with Gasteiger partial charge in [-0.2, -0.15) is 0 Å². The zero-order chi connectivity index (χ0) is 19.3. The summed E-state index contributed by atoms with van der Waals surface area (Å²) in [5.41, 5.74) is 1.55. The number of carbonyl (C=O) groups is 2. The van der Waals surface area contributed by atoms with Crippen LogP contribution in [0.15, 0.2) is 42.5 Å². The molecule has 0 heterocycles. The van der Waals surface area contributed by atoms with Crippen LogP contribution in [-0.2, 0) is 4.79 Å². The average Bonchev–Trinajstić information content (AvgIpc) is 2.60. The zero-order valence-corrected chi connectivity index (χ0v) is 15.1. The van der Waals surface area contributed by atoms with Gasteiger partial charge >= 0.3 is 5.97 Å². The maximum absolute atomic E-state index is 12.5. The highest BCUT2D eigenvalue weighted by Gasteiger charge is 2.22. The van der Waals surface area contributed by atoms with Crippen molar-refractivity contribution in [3.63, 3.8) is 0 Å². The third kappa shape index (κ3) is 4.83. The largest absolute Gasteiger partial charge is 0.497 e. The van der Waals surface area contributed by atoms with Gasteiger partial charge in [-0.3, -0.25) is 9.59 Å². The van der Waals surface area contributed by atoms with Crippen molar-refractivity contribution in [1.29, 1.82) is 5.41 Å². The Morgan fingerprint density at radius 1 is 1.23 bits per heavy atom. The molecule has 1 amide bonds. The Morgan fingerprint density at radius 2 is 1.88 bits per heavy atom. The number of nitrogens with one attached hydrogen (secondary N) is 2. The number of carbonyl (C=O) groups excluding carboxylic acids is 1. The second-order valence-electron chi connectivity index (χ2n) is 5.75. The fraction of sp³-hybridized carbons (Fsp3) is 0.211. The first-order chi connectivity index (χ1) is 12.3. The van der Waals surface area contributed by atoms with Gasteiger partial charge in [0.05, 0.1) is 13.5 Å². The molecule has 2 aromatic rings. The van der Waals surface area contributed by atoms with Gasteiger partial charge in [0, 0.05) is 27.9 Å². The summed E-state index contributed by atoms with van der Waals surface area (Å²) in [6, 6.07) is 11.4. The monoisotopic (exact) mass is 374 g/mol. The Labute approximate surface area is 156 Å². The zero-order valence-electron chi connectivity index (χ0n) is 14.4. The molecule has 0 aliphatic rings. The number of hydrogen-bond acceptors (Lipinski definition) is 4. The van der Waals surface area contributed by atoms with Crippen LogP contribution in [0.3, 0.4) is 0 Å². The number of amides is 1. The Hall–Kier alpha value is -2.86. The lowest BCUT2D eigenvalue weighted by atomic mass is 9.90. The second-order valence-corrected chi connectivity index (χ2v) is 6.18. The molecule has 0 spiro atoms. The van der Waals surface area contributed by atoms with E-state index in [0.717, 1.165) is 0 Å². The van der Waals surface area contributed by atoms with E-state index in [1.54, 1.807) is 42.5 Å². The molecule has 0 bridgehead atoms. The average molecular weight is 375 g/mol. The summed E-state index contributed by atoms with van der Waals surface area (Å²) in [6.45, 7) is 1.54. The number of aliphatic carboxylic acids is 1. The van der Waals surface area contributed by atoms with Crippen molar-refractivity contribution in [3.05, 3.63) is 58.6 Å². The fourth-order valence-corrected chi connectivity index (χ4v) is 2.66. The lowest BCUT2D eigenvalue weighted by Gasteiger charge is -2.20. The van der Waals surface area contributed by atoms with Crippen LogP contribution >= 0.6 is 11.6 Å². The first-order valence-corrected chi connectivity index (χ1v) is 8.21. The standard InChI is InChI=1S/C19H19ClN2O4/c1-11(21)15(10-18(23)24)16-9-14(26-2)7-8-17(16)22-19(25)12-3-5-13(20)6-4-12/h3-9,15,21H,10H2,1-2H3,(H,22,25)(H,23,24). The molecule has 0 aromatic heterocycles. The van der Waals surface area contributed by atoms with E-state index in [9.17, 15) is 9.59 Å². The van der Waals surface area contributed by atoms with Crippen molar-refractivity contribution in [2.45, 2.75) is 19.3 Å². The number of benzene rings is 2. The van der Waals surface area contributed by atoms with E-state index in [4.69, 9.17) is 26.9 Å². The van der Waals surface area contributed by atoms with Gasteiger partial charge in [-0.1, -0.05) is 11.6 Å². The summed E-state index contributed by atoms with van der Waals surface area (Å²) in [4.78, 5) is 23.7. The molecule has 2 aromatic carbocycles. The highest BCUT2D eigenvalue weighted by molar-refractivity contribution is 6.30. The lowest BCUT2D eigenvalue weighted by molar-refractivity contribution is -0.137. The highest BCUT2D eigenvalue weighted by Crippen LogP contribution is 2.32. The summed E-state index contributed by atoms with van der Waals surface area (Å²) in [5, 5.41) is 20.4. The van der Waals surface area contributed by atoms with E-state index in [1.807, 2.05) is 0 Å². The Bertz CT molecular complexity index is 834. The van der Waals surface area contributed by atoms with E-state index < -0.39 is 11.9 Å². The first kappa shape index (κ1) is 19.5. The predicted molar refractivity (Wildman–Crippen MR) is 101 cm³/mol. The van der Waals surface area contributed by atoms with Gasteiger partial charge in [0.1, 0.15) is 5.75 Å². The molecule has 0 saturated heterocycles. The topological polar surface area (TPSA) is 99.5 Å². The summed E-state index contributed by atoms with van der Waals surface area (Å²) >= 11 is 5.84. The fourth-order valence-electron chi connectivity index (χ4n) is 2.54. The molecule has 0 radical (unpaired) electrons. The highest BCUT2D eigenvalue weighted by atomic mass is 35.5. The van der Waals surface area contributed by atoms with Gasteiger partial charge in [-0.05, 0) is 55.0 Å². The number of hydrogen-bond donors (Lipinski definition) is 3. The molecule has 6 nitrogen and oxygen atoms in total. The number of carboxylic acids is 1. The number of anilines is 1. The normalized spacial score (nSPS) is 11.5. The van der Waals surface area contributed by atoms with E-state index in [-0.39, 0.29) is 18.0 Å². The first-order valence-electron chi connectivity index (χ1n) is 7.83. The van der Waals surface area contributed by atoms with Crippen LogP contribution in [0.1, 0.15) is 35.2 Å². The number of carboxylic acid groups (broad SMARTS) is 1. The molecule has 2 rings (SSSR count). The van der Waals surface area contributed by atoms with E-state index >= 15 is 0 Å². The van der Waals surface area contributed by atoms with Crippen LogP contribution < -0.4 is 10.1 Å². The van der Waals surface area contributed by atoms with Crippen molar-refractivity contribution >= 4 is 34.9 Å². The maximum Gasteiger partial charge on any atom is 0.304 e. The van der Waals surface area contributed by atoms with Crippen molar-refractivity contribution in [3.8, 4) is 5.75 Å². The molecule has 0 saturated carbocycles. The second kappa shape index (κ2) is 8.49. The quantitative estimate of drug-likeness (QED) is 0.632. The van der Waals surface area contributed by atoms with Crippen molar-refractivity contribution in [1.82, 2.24) is 0 Å². The van der Waals surface area contributed by atoms with Gasteiger partial charge in [0.2, 0.25) is 0 Å². The van der Waals surface area contributed by atoms with Crippen molar-refractivity contribution < 1.29 is 19.4 Å². The van der Waals surface area contributed by atoms with Crippen molar-refractivity contribution in [2.24, 2.45) is 0 Å². The molecule has 3 N–H and O–H groups in total. The minimum atomic E-state index is -1.03. The Balaban J connectivity index is 2.40. The smallest absolute Gasteiger partial charge is 0.304 e. The van der Waals surface area contributed by atoms with Gasteiger partial charge in [0.25, 0.3) is 5.91 Å². The number of ether oxygens (including phenoxy) is 1. The number of rotatable bonds is 7. The van der Waals surface area contributed by atoms with E-state index in [2.05, 4.69) is 5.32 Å². The van der Waals surface area contributed by atoms with E-state index in [0.29, 0.717) is 27.6 Å². The molecule has 1 atom stereocenters. The van der Waals surface area contributed by atoms with Crippen LogP contribution in [0.25, 0.3) is 0 Å². The van der Waals surface area contributed by atoms with Crippen LogP contribution in [0.5, 0.6) is 5.75 Å². The molecular formula is C19H19ClN2O4. The summed E-state index contributed by atoms with van der Waals surface area (Å²) in [5.74, 6) is -1.55. The molecule has 1 unspecified atom stereocenters. The van der Waals surface area contributed by atoms with Crippen LogP contribution in [0.4, 0.5) is 5.69 Å². The van der Waals surface area contributed by atoms with Gasteiger partial charge in [-0.15, -0.1) is 0 Å². The third-order valence-corrected chi connectivity index (χ3v) is 4.14. The number of halogens is 1. The summed E-state index contributed by atoms with van der Waals surface area (Å²) in [6.07, 6.45) is -0.258. The molecular weight excluding hydrogens is 356 g/mol. The van der Waals surface area contributed by atoms with Gasteiger partial charge in [0.15, 0.2) is 0 Å². The predicted octanol–water partition coefficient (Wildman–Crippen LogP) is 4.20. The molecule has 0 fully saturated rings. The van der Waals surface area contributed by atoms with Gasteiger partial charge in [-0.25, -0.2) is 0 Å². The number of methoxy groups -OCH3 is 1. The third-order valence-electron chi connectivity index (χ3n) is 3.89. The molecule has 136 valence electrons.